The van der Waals surface area contributed by atoms with Crippen molar-refractivity contribution in [3.8, 4) is 0 Å². The molecule has 4 rings (SSSR count). The minimum Gasteiger partial charge on any atom is -0.331 e. The third-order valence-corrected chi connectivity index (χ3v) is 7.80. The third-order valence-electron chi connectivity index (χ3n) is 7.80. The Labute approximate surface area is 167 Å². The second-order valence-corrected chi connectivity index (χ2v) is 9.35. The van der Waals surface area contributed by atoms with Crippen LogP contribution in [0, 0.1) is 17.2 Å². The summed E-state index contributed by atoms with van der Waals surface area (Å²) in [6.45, 7) is 7.17. The minimum absolute atomic E-state index is 0.0170. The van der Waals surface area contributed by atoms with Crippen LogP contribution >= 0.6 is 0 Å². The minimum atomic E-state index is -0.238. The Kier molecular flexibility index (Phi) is 4.96. The van der Waals surface area contributed by atoms with E-state index in [0.29, 0.717) is 12.5 Å². The van der Waals surface area contributed by atoms with Crippen LogP contribution in [0.4, 0.5) is 9.18 Å². The molecule has 1 aliphatic heterocycles. The van der Waals surface area contributed by atoms with Crippen LogP contribution in [-0.4, -0.2) is 28.8 Å². The van der Waals surface area contributed by atoms with Crippen LogP contribution < -0.4 is 5.32 Å². The molecule has 0 saturated heterocycles. The van der Waals surface area contributed by atoms with Gasteiger partial charge >= 0.3 is 6.03 Å². The summed E-state index contributed by atoms with van der Waals surface area (Å²) in [5.41, 5.74) is 1.93. The number of carbonyl (C=O) groups is 1. The number of benzene rings is 1. The number of unbranched alkanes of at least 4 members (excludes halogenated alkanes) is 1. The van der Waals surface area contributed by atoms with E-state index in [2.05, 4.69) is 26.1 Å². The molecular formula is C23H32FN3O. The lowest BCUT2D eigenvalue weighted by Crippen LogP contribution is -2.56. The fourth-order valence-electron chi connectivity index (χ4n) is 5.66. The molecule has 1 aromatic carbocycles. The zero-order chi connectivity index (χ0) is 19.9. The second-order valence-electron chi connectivity index (χ2n) is 9.35. The molecule has 1 N–H and O–H groups in total. The van der Waals surface area contributed by atoms with E-state index in [9.17, 15) is 9.18 Å². The normalized spacial score (nSPS) is 34.0. The van der Waals surface area contributed by atoms with Crippen molar-refractivity contribution in [1.29, 1.82) is 0 Å². The first-order valence-electron chi connectivity index (χ1n) is 10.8. The molecule has 2 amide bonds. The molecule has 2 fully saturated rings. The molecular weight excluding hydrogens is 353 g/mol. The lowest BCUT2D eigenvalue weighted by atomic mass is 9.76. The van der Waals surface area contributed by atoms with E-state index in [1.807, 2.05) is 6.07 Å². The number of hydrogen-bond donors (Lipinski definition) is 1. The van der Waals surface area contributed by atoms with Crippen molar-refractivity contribution in [2.24, 2.45) is 16.4 Å². The van der Waals surface area contributed by atoms with E-state index in [-0.39, 0.29) is 28.7 Å². The number of carbonyl (C=O) groups excluding carboxylic acids is 1. The van der Waals surface area contributed by atoms with Gasteiger partial charge in [0.1, 0.15) is 5.82 Å². The van der Waals surface area contributed by atoms with E-state index in [4.69, 9.17) is 5.10 Å². The highest BCUT2D eigenvalue weighted by Gasteiger charge is 2.60. The van der Waals surface area contributed by atoms with Crippen LogP contribution in [0.15, 0.2) is 29.4 Å². The van der Waals surface area contributed by atoms with Crippen LogP contribution in [0.5, 0.6) is 0 Å². The van der Waals surface area contributed by atoms with Crippen molar-refractivity contribution < 1.29 is 9.18 Å². The van der Waals surface area contributed by atoms with Crippen molar-refractivity contribution >= 4 is 11.7 Å². The Morgan fingerprint density at radius 1 is 1.32 bits per heavy atom. The van der Waals surface area contributed by atoms with Crippen molar-refractivity contribution in [1.82, 2.24) is 10.3 Å². The highest BCUT2D eigenvalue weighted by Crippen LogP contribution is 2.60. The fourth-order valence-corrected chi connectivity index (χ4v) is 5.66. The van der Waals surface area contributed by atoms with Gasteiger partial charge in [-0.15, -0.1) is 0 Å². The Morgan fingerprint density at radius 2 is 2.07 bits per heavy atom. The molecule has 1 aromatic rings. The SMILES string of the molecule is CCCCC1=NN(C(=O)N[C@@]2(C)C3CCC2(C)CC3)C[C@H]1c1cccc(F)c1. The molecule has 2 atom stereocenters. The van der Waals surface area contributed by atoms with Gasteiger partial charge in [0.15, 0.2) is 0 Å². The van der Waals surface area contributed by atoms with Gasteiger partial charge in [0.25, 0.3) is 0 Å². The third kappa shape index (κ3) is 3.13. The monoisotopic (exact) mass is 385 g/mol. The molecule has 28 heavy (non-hydrogen) atoms. The number of nitrogens with zero attached hydrogens (tertiary/aromatic N) is 2. The molecule has 5 heteroatoms. The summed E-state index contributed by atoms with van der Waals surface area (Å²) in [5, 5.41) is 9.65. The van der Waals surface area contributed by atoms with Gasteiger partial charge in [-0.2, -0.15) is 5.10 Å². The van der Waals surface area contributed by atoms with Crippen molar-refractivity contribution in [2.45, 2.75) is 77.2 Å². The lowest BCUT2D eigenvalue weighted by molar-refractivity contribution is 0.148. The Balaban J connectivity index is 1.53. The molecule has 0 radical (unpaired) electrons. The lowest BCUT2D eigenvalue weighted by Gasteiger charge is -2.39. The maximum Gasteiger partial charge on any atom is 0.338 e. The van der Waals surface area contributed by atoms with E-state index in [1.165, 1.54) is 31.7 Å². The average Bonchev–Trinajstić information content (AvgIpc) is 3.27. The van der Waals surface area contributed by atoms with Gasteiger partial charge < -0.3 is 5.32 Å². The fraction of sp³-hybridized carbons (Fsp3) is 0.652. The van der Waals surface area contributed by atoms with Gasteiger partial charge in [-0.05, 0) is 74.5 Å². The van der Waals surface area contributed by atoms with Crippen LogP contribution in [0.2, 0.25) is 0 Å². The molecule has 2 aliphatic carbocycles. The number of nitrogens with one attached hydrogen (secondary N) is 1. The molecule has 2 bridgehead atoms. The number of fused-ring (bicyclic) bond motifs is 2. The number of hydrazone groups is 1. The summed E-state index contributed by atoms with van der Waals surface area (Å²) in [6, 6.07) is 6.62. The van der Waals surface area contributed by atoms with Crippen molar-refractivity contribution in [3.05, 3.63) is 35.6 Å². The highest BCUT2D eigenvalue weighted by atomic mass is 19.1. The molecule has 0 spiro atoms. The van der Waals surface area contributed by atoms with E-state index in [1.54, 1.807) is 17.1 Å². The molecule has 3 aliphatic rings. The van der Waals surface area contributed by atoms with Gasteiger partial charge in [-0.3, -0.25) is 0 Å². The largest absolute Gasteiger partial charge is 0.338 e. The quantitative estimate of drug-likeness (QED) is 0.720. The Morgan fingerprint density at radius 3 is 2.68 bits per heavy atom. The molecule has 152 valence electrons. The standard InChI is InChI=1S/C23H32FN3O/c1-4-5-9-20-19(16-7-6-8-18(24)14-16)15-27(26-20)21(28)25-23(3)17-10-12-22(23,2)13-11-17/h6-8,14,17,19H,4-5,9-13,15H2,1-3H3,(H,25,28)/t17?,19-,22?,23-/m0/s1. The zero-order valence-electron chi connectivity index (χ0n) is 17.3. The van der Waals surface area contributed by atoms with Crippen molar-refractivity contribution in [3.63, 3.8) is 0 Å². The Hall–Kier alpha value is -1.91. The number of urea groups is 1. The number of rotatable bonds is 5. The van der Waals surface area contributed by atoms with Crippen LogP contribution in [-0.2, 0) is 0 Å². The van der Waals surface area contributed by atoms with Crippen molar-refractivity contribution in [2.75, 3.05) is 6.54 Å². The maximum atomic E-state index is 13.8. The first-order valence-corrected chi connectivity index (χ1v) is 10.8. The van der Waals surface area contributed by atoms with Gasteiger partial charge in [-0.25, -0.2) is 14.2 Å². The average molecular weight is 386 g/mol. The van der Waals surface area contributed by atoms with Crippen LogP contribution in [0.3, 0.4) is 0 Å². The highest BCUT2D eigenvalue weighted by molar-refractivity contribution is 5.94. The molecule has 0 aromatic heterocycles. The first kappa shape index (κ1) is 19.4. The molecule has 2 saturated carbocycles. The summed E-state index contributed by atoms with van der Waals surface area (Å²) >= 11 is 0. The van der Waals surface area contributed by atoms with Crippen LogP contribution in [0.25, 0.3) is 0 Å². The van der Waals surface area contributed by atoms with Gasteiger partial charge in [-0.1, -0.05) is 32.4 Å². The molecule has 0 unspecified atom stereocenters. The maximum absolute atomic E-state index is 13.8. The van der Waals surface area contributed by atoms with Gasteiger partial charge in [0.2, 0.25) is 0 Å². The summed E-state index contributed by atoms with van der Waals surface area (Å²) in [5.74, 6) is 0.307. The Bertz CT molecular complexity index is 784. The molecule has 1 heterocycles. The van der Waals surface area contributed by atoms with Gasteiger partial charge in [0, 0.05) is 17.2 Å². The summed E-state index contributed by atoms with van der Waals surface area (Å²) in [4.78, 5) is 13.2. The number of hydrogen-bond acceptors (Lipinski definition) is 2. The van der Waals surface area contributed by atoms with E-state index >= 15 is 0 Å². The summed E-state index contributed by atoms with van der Waals surface area (Å²) < 4.78 is 13.8. The summed E-state index contributed by atoms with van der Waals surface area (Å²) in [7, 11) is 0. The van der Waals surface area contributed by atoms with E-state index in [0.717, 1.165) is 30.5 Å². The van der Waals surface area contributed by atoms with Gasteiger partial charge in [0.05, 0.1) is 6.54 Å². The smallest absolute Gasteiger partial charge is 0.331 e. The van der Waals surface area contributed by atoms with E-state index < -0.39 is 0 Å². The first-order chi connectivity index (χ1) is 13.4. The topological polar surface area (TPSA) is 44.7 Å². The predicted octanol–water partition coefficient (Wildman–Crippen LogP) is 5.45. The molecule has 4 nitrogen and oxygen atoms in total. The second kappa shape index (κ2) is 7.16. The zero-order valence-corrected chi connectivity index (χ0v) is 17.3. The number of halogens is 1. The predicted molar refractivity (Wildman–Crippen MR) is 110 cm³/mol. The number of amides is 2. The summed E-state index contributed by atoms with van der Waals surface area (Å²) in [6.07, 6.45) is 7.71. The van der Waals surface area contributed by atoms with Crippen LogP contribution in [0.1, 0.15) is 77.2 Å².